The van der Waals surface area contributed by atoms with Crippen LogP contribution in [0.1, 0.15) is 42.6 Å². The number of nitrogens with one attached hydrogen (secondary N) is 2. The molecule has 0 bridgehead atoms. The molecule has 2 rings (SSSR count). The zero-order chi connectivity index (χ0) is 19.6. The summed E-state index contributed by atoms with van der Waals surface area (Å²) >= 11 is 0. The van der Waals surface area contributed by atoms with Gasteiger partial charge < -0.3 is 15.4 Å². The Morgan fingerprint density at radius 1 is 0.926 bits per heavy atom. The number of hydrogen-bond acceptors (Lipinski definition) is 3. The Bertz CT molecular complexity index is 729. The van der Waals surface area contributed by atoms with E-state index < -0.39 is 0 Å². The van der Waals surface area contributed by atoms with E-state index in [-0.39, 0.29) is 30.3 Å². The van der Waals surface area contributed by atoms with Crippen molar-refractivity contribution >= 4 is 11.8 Å². The van der Waals surface area contributed by atoms with E-state index in [0.717, 1.165) is 18.6 Å². The molecule has 0 heterocycles. The van der Waals surface area contributed by atoms with Gasteiger partial charge in [0.1, 0.15) is 5.75 Å². The van der Waals surface area contributed by atoms with E-state index in [9.17, 15) is 9.59 Å². The summed E-state index contributed by atoms with van der Waals surface area (Å²) in [6.45, 7) is 3.83. The summed E-state index contributed by atoms with van der Waals surface area (Å²) in [5, 5.41) is 5.86. The molecule has 0 spiro atoms. The smallest absolute Gasteiger partial charge is 0.251 e. The zero-order valence-corrected chi connectivity index (χ0v) is 16.2. The monoisotopic (exact) mass is 368 g/mol. The number of ether oxygens (including phenoxy) is 1. The summed E-state index contributed by atoms with van der Waals surface area (Å²) < 4.78 is 5.15. The Hall–Kier alpha value is -2.82. The van der Waals surface area contributed by atoms with E-state index in [1.807, 2.05) is 56.3 Å². The number of methoxy groups -OCH3 is 1. The first-order valence-corrected chi connectivity index (χ1v) is 9.26. The van der Waals surface area contributed by atoms with Crippen molar-refractivity contribution in [2.75, 3.05) is 7.11 Å². The Morgan fingerprint density at radius 2 is 1.59 bits per heavy atom. The number of amides is 2. The van der Waals surface area contributed by atoms with E-state index in [2.05, 4.69) is 10.6 Å². The molecular formula is C22H28N2O3. The third-order valence-corrected chi connectivity index (χ3v) is 4.34. The van der Waals surface area contributed by atoms with Crippen LogP contribution in [0.5, 0.6) is 5.75 Å². The molecule has 0 saturated heterocycles. The van der Waals surface area contributed by atoms with Crippen molar-refractivity contribution < 1.29 is 14.3 Å². The molecule has 144 valence electrons. The molecule has 2 aromatic rings. The molecule has 2 atom stereocenters. The second-order valence-electron chi connectivity index (χ2n) is 6.80. The molecule has 27 heavy (non-hydrogen) atoms. The third-order valence-electron chi connectivity index (χ3n) is 4.34. The fourth-order valence-electron chi connectivity index (χ4n) is 2.81. The Balaban J connectivity index is 1.71. The van der Waals surface area contributed by atoms with Gasteiger partial charge >= 0.3 is 0 Å². The van der Waals surface area contributed by atoms with Gasteiger partial charge in [-0.05, 0) is 56.5 Å². The first-order valence-electron chi connectivity index (χ1n) is 9.26. The van der Waals surface area contributed by atoms with Crippen LogP contribution in [-0.4, -0.2) is 31.0 Å². The number of aryl methyl sites for hydroxylation is 1. The normalized spacial score (nSPS) is 12.7. The van der Waals surface area contributed by atoms with E-state index in [0.29, 0.717) is 5.56 Å². The lowest BCUT2D eigenvalue weighted by Crippen LogP contribution is -2.40. The quantitative estimate of drug-likeness (QED) is 0.713. The van der Waals surface area contributed by atoms with Gasteiger partial charge in [0.2, 0.25) is 5.91 Å². The molecule has 2 unspecified atom stereocenters. The van der Waals surface area contributed by atoms with Gasteiger partial charge in [0.05, 0.1) is 7.11 Å². The van der Waals surface area contributed by atoms with Crippen LogP contribution in [-0.2, 0) is 11.2 Å². The van der Waals surface area contributed by atoms with Crippen molar-refractivity contribution in [2.45, 2.75) is 45.2 Å². The first-order chi connectivity index (χ1) is 13.0. The number of hydrogen-bond donors (Lipinski definition) is 2. The molecule has 0 aliphatic rings. The van der Waals surface area contributed by atoms with Crippen molar-refractivity contribution in [3.05, 3.63) is 65.7 Å². The maximum absolute atomic E-state index is 12.2. The summed E-state index contributed by atoms with van der Waals surface area (Å²) in [4.78, 5) is 24.3. The lowest BCUT2D eigenvalue weighted by atomic mass is 10.1. The summed E-state index contributed by atoms with van der Waals surface area (Å²) in [6.07, 6.45) is 1.99. The Labute approximate surface area is 161 Å². The van der Waals surface area contributed by atoms with Crippen LogP contribution in [0.2, 0.25) is 0 Å². The molecule has 5 nitrogen and oxygen atoms in total. The molecule has 0 aliphatic heterocycles. The molecule has 2 aromatic carbocycles. The van der Waals surface area contributed by atoms with E-state index in [4.69, 9.17) is 4.74 Å². The molecule has 0 saturated carbocycles. The summed E-state index contributed by atoms with van der Waals surface area (Å²) in [5.41, 5.74) is 1.80. The maximum Gasteiger partial charge on any atom is 0.251 e. The van der Waals surface area contributed by atoms with Crippen LogP contribution in [0.25, 0.3) is 0 Å². The lowest BCUT2D eigenvalue weighted by molar-refractivity contribution is -0.122. The van der Waals surface area contributed by atoms with Gasteiger partial charge in [-0.2, -0.15) is 0 Å². The average molecular weight is 368 g/mol. The molecule has 0 radical (unpaired) electrons. The topological polar surface area (TPSA) is 67.4 Å². The number of rotatable bonds is 9. The van der Waals surface area contributed by atoms with E-state index >= 15 is 0 Å². The predicted molar refractivity (Wildman–Crippen MR) is 107 cm³/mol. The van der Waals surface area contributed by atoms with Crippen molar-refractivity contribution in [3.8, 4) is 5.75 Å². The Morgan fingerprint density at radius 3 is 2.22 bits per heavy atom. The van der Waals surface area contributed by atoms with Gasteiger partial charge in [0.15, 0.2) is 0 Å². The van der Waals surface area contributed by atoms with Gasteiger partial charge in [-0.25, -0.2) is 0 Å². The first kappa shape index (κ1) is 20.5. The Kier molecular flexibility index (Phi) is 7.86. The summed E-state index contributed by atoms with van der Waals surface area (Å²) in [5.74, 6) is 0.619. The van der Waals surface area contributed by atoms with Crippen LogP contribution in [0.4, 0.5) is 0 Å². The second-order valence-corrected chi connectivity index (χ2v) is 6.80. The van der Waals surface area contributed by atoms with Gasteiger partial charge in [0.25, 0.3) is 5.91 Å². The molecule has 0 fully saturated rings. The van der Waals surface area contributed by atoms with Crippen LogP contribution in [0.3, 0.4) is 0 Å². The van der Waals surface area contributed by atoms with Gasteiger partial charge in [-0.1, -0.05) is 30.3 Å². The third kappa shape index (κ3) is 7.13. The minimum absolute atomic E-state index is 0.0573. The van der Waals surface area contributed by atoms with Crippen LogP contribution >= 0.6 is 0 Å². The van der Waals surface area contributed by atoms with Crippen molar-refractivity contribution in [1.29, 1.82) is 0 Å². The lowest BCUT2D eigenvalue weighted by Gasteiger charge is -2.17. The van der Waals surface area contributed by atoms with Crippen LogP contribution in [0, 0.1) is 0 Å². The molecule has 0 aliphatic carbocycles. The van der Waals surface area contributed by atoms with Crippen molar-refractivity contribution in [2.24, 2.45) is 0 Å². The highest BCUT2D eigenvalue weighted by Gasteiger charge is 2.14. The molecule has 5 heteroatoms. The minimum Gasteiger partial charge on any atom is -0.497 e. The molecular weight excluding hydrogens is 340 g/mol. The zero-order valence-electron chi connectivity index (χ0n) is 16.2. The maximum atomic E-state index is 12.2. The fourth-order valence-corrected chi connectivity index (χ4v) is 2.81. The minimum atomic E-state index is -0.230. The van der Waals surface area contributed by atoms with Gasteiger partial charge in [-0.3, -0.25) is 9.59 Å². The number of benzene rings is 2. The average Bonchev–Trinajstić information content (AvgIpc) is 2.67. The standard InChI is InChI=1S/C22H28N2O3/c1-16(9-10-18-11-13-20(27-3)14-12-18)23-21(25)15-17(2)24-22(26)19-7-5-4-6-8-19/h4-8,11-14,16-17H,9-10,15H2,1-3H3,(H,23,25)(H,24,26). The molecule has 0 aromatic heterocycles. The highest BCUT2D eigenvalue weighted by Crippen LogP contribution is 2.13. The molecule has 2 amide bonds. The molecule has 2 N–H and O–H groups in total. The fraction of sp³-hybridized carbons (Fsp3) is 0.364. The van der Waals surface area contributed by atoms with Crippen LogP contribution in [0.15, 0.2) is 54.6 Å². The van der Waals surface area contributed by atoms with Crippen molar-refractivity contribution in [3.63, 3.8) is 0 Å². The highest BCUT2D eigenvalue weighted by atomic mass is 16.5. The van der Waals surface area contributed by atoms with Crippen LogP contribution < -0.4 is 15.4 Å². The largest absolute Gasteiger partial charge is 0.497 e. The van der Waals surface area contributed by atoms with E-state index in [1.165, 1.54) is 5.56 Å². The van der Waals surface area contributed by atoms with Crippen molar-refractivity contribution in [1.82, 2.24) is 10.6 Å². The second kappa shape index (κ2) is 10.4. The SMILES string of the molecule is COc1ccc(CCC(C)NC(=O)CC(C)NC(=O)c2ccccc2)cc1. The number of carbonyl (C=O) groups excluding carboxylic acids is 2. The predicted octanol–water partition coefficient (Wildman–Crippen LogP) is 3.34. The van der Waals surface area contributed by atoms with E-state index in [1.54, 1.807) is 19.2 Å². The summed E-state index contributed by atoms with van der Waals surface area (Å²) in [7, 11) is 1.65. The highest BCUT2D eigenvalue weighted by molar-refractivity contribution is 5.94. The number of carbonyl (C=O) groups is 2. The van der Waals surface area contributed by atoms with Gasteiger partial charge in [0, 0.05) is 24.1 Å². The van der Waals surface area contributed by atoms with Gasteiger partial charge in [-0.15, -0.1) is 0 Å². The summed E-state index contributed by atoms with van der Waals surface area (Å²) in [6, 6.07) is 16.8.